The van der Waals surface area contributed by atoms with Crippen LogP contribution >= 0.6 is 0 Å². The maximum absolute atomic E-state index is 12.7. The van der Waals surface area contributed by atoms with Gasteiger partial charge in [0.1, 0.15) is 5.82 Å². The van der Waals surface area contributed by atoms with Crippen LogP contribution in [0.15, 0.2) is 12.3 Å². The molecule has 4 nitrogen and oxygen atoms in total. The van der Waals surface area contributed by atoms with Crippen molar-refractivity contribution >= 4 is 5.82 Å². The molecule has 0 amide bonds. The summed E-state index contributed by atoms with van der Waals surface area (Å²) in [7, 11) is 0. The number of hydrogen-bond acceptors (Lipinski definition) is 4. The van der Waals surface area contributed by atoms with Gasteiger partial charge in [-0.3, -0.25) is 0 Å². The first kappa shape index (κ1) is 15.5. The highest BCUT2D eigenvalue weighted by Crippen LogP contribution is 2.33. The monoisotopic (exact) mass is 314 g/mol. The Morgan fingerprint density at radius 3 is 2.32 bits per heavy atom. The van der Waals surface area contributed by atoms with E-state index in [1.165, 1.54) is 19.0 Å². The molecule has 22 heavy (non-hydrogen) atoms. The van der Waals surface area contributed by atoms with Crippen molar-refractivity contribution in [2.75, 3.05) is 31.1 Å². The van der Waals surface area contributed by atoms with Crippen LogP contribution in [0.5, 0.6) is 0 Å². The van der Waals surface area contributed by atoms with Gasteiger partial charge in [0.05, 0.1) is 0 Å². The maximum Gasteiger partial charge on any atom is 0.451 e. The molecular formula is C15H21F3N4. The second-order valence-corrected chi connectivity index (χ2v) is 6.15. The van der Waals surface area contributed by atoms with Gasteiger partial charge >= 0.3 is 6.18 Å². The van der Waals surface area contributed by atoms with Gasteiger partial charge < -0.3 is 10.2 Å². The first-order valence-corrected chi connectivity index (χ1v) is 7.90. The Labute approximate surface area is 128 Å². The molecule has 3 heterocycles. The number of alkyl halides is 3. The molecule has 0 bridgehead atoms. The average molecular weight is 314 g/mol. The minimum absolute atomic E-state index is 0.395. The van der Waals surface area contributed by atoms with E-state index in [0.29, 0.717) is 11.7 Å². The van der Waals surface area contributed by atoms with Crippen molar-refractivity contribution in [2.45, 2.75) is 31.9 Å². The van der Waals surface area contributed by atoms with Crippen molar-refractivity contribution in [3.63, 3.8) is 0 Å². The normalized spacial score (nSPS) is 22.0. The van der Waals surface area contributed by atoms with Crippen LogP contribution in [0.1, 0.15) is 31.5 Å². The van der Waals surface area contributed by atoms with E-state index in [1.807, 2.05) is 4.90 Å². The van der Waals surface area contributed by atoms with Crippen molar-refractivity contribution in [3.8, 4) is 0 Å². The number of hydrogen-bond donors (Lipinski definition) is 1. The zero-order chi connectivity index (χ0) is 15.6. The number of nitrogens with one attached hydrogen (secondary N) is 1. The number of nitrogens with zero attached hydrogens (tertiary/aromatic N) is 3. The Balaban J connectivity index is 1.61. The molecule has 0 unspecified atom stereocenters. The minimum Gasteiger partial charge on any atom is -0.356 e. The van der Waals surface area contributed by atoms with E-state index in [2.05, 4.69) is 15.3 Å². The minimum atomic E-state index is -4.48. The van der Waals surface area contributed by atoms with E-state index in [9.17, 15) is 13.2 Å². The largest absolute Gasteiger partial charge is 0.451 e. The van der Waals surface area contributed by atoms with Crippen LogP contribution in [0, 0.1) is 11.8 Å². The van der Waals surface area contributed by atoms with Crippen molar-refractivity contribution in [1.29, 1.82) is 0 Å². The molecule has 2 aliphatic rings. The summed E-state index contributed by atoms with van der Waals surface area (Å²) in [6.45, 7) is 3.74. The van der Waals surface area contributed by atoms with Crippen molar-refractivity contribution in [2.24, 2.45) is 11.8 Å². The lowest BCUT2D eigenvalue weighted by atomic mass is 9.79. The molecule has 2 aliphatic heterocycles. The van der Waals surface area contributed by atoms with Gasteiger partial charge in [0.15, 0.2) is 0 Å². The van der Waals surface area contributed by atoms with Crippen LogP contribution in [0.4, 0.5) is 19.0 Å². The van der Waals surface area contributed by atoms with E-state index < -0.39 is 12.0 Å². The Kier molecular flexibility index (Phi) is 4.52. The molecular weight excluding hydrogens is 293 g/mol. The van der Waals surface area contributed by atoms with Gasteiger partial charge in [0.2, 0.25) is 5.82 Å². The summed E-state index contributed by atoms with van der Waals surface area (Å²) < 4.78 is 38.1. The van der Waals surface area contributed by atoms with Crippen LogP contribution in [-0.4, -0.2) is 36.1 Å². The second kappa shape index (κ2) is 6.40. The van der Waals surface area contributed by atoms with Gasteiger partial charge in [-0.2, -0.15) is 13.2 Å². The SMILES string of the molecule is FC(F)(F)c1nccc(N2CCC(C3CCNCC3)CC2)n1. The summed E-state index contributed by atoms with van der Waals surface area (Å²) >= 11 is 0. The third-order valence-electron chi connectivity index (χ3n) is 4.81. The highest BCUT2D eigenvalue weighted by atomic mass is 19.4. The Bertz CT molecular complexity index is 492. The quantitative estimate of drug-likeness (QED) is 0.911. The second-order valence-electron chi connectivity index (χ2n) is 6.15. The van der Waals surface area contributed by atoms with Crippen LogP contribution in [-0.2, 0) is 6.18 Å². The standard InChI is InChI=1S/C15H21F3N4/c16-15(17,18)14-20-8-3-13(21-14)22-9-4-12(5-10-22)11-1-6-19-7-2-11/h3,8,11-12,19H,1-2,4-7,9-10H2. The number of piperidine rings is 2. The maximum atomic E-state index is 12.7. The lowest BCUT2D eigenvalue weighted by Crippen LogP contribution is -2.39. The highest BCUT2D eigenvalue weighted by molar-refractivity contribution is 5.38. The molecule has 0 saturated carbocycles. The molecule has 0 radical (unpaired) electrons. The van der Waals surface area contributed by atoms with E-state index >= 15 is 0 Å². The number of anilines is 1. The summed E-state index contributed by atoms with van der Waals surface area (Å²) in [4.78, 5) is 8.96. The zero-order valence-electron chi connectivity index (χ0n) is 12.4. The van der Waals surface area contributed by atoms with Gasteiger partial charge in [0, 0.05) is 19.3 Å². The van der Waals surface area contributed by atoms with Gasteiger partial charge in [-0.15, -0.1) is 0 Å². The Morgan fingerprint density at radius 1 is 1.05 bits per heavy atom. The average Bonchev–Trinajstić information content (AvgIpc) is 2.55. The molecule has 2 saturated heterocycles. The molecule has 0 atom stereocenters. The number of rotatable bonds is 2. The molecule has 0 spiro atoms. The third-order valence-corrected chi connectivity index (χ3v) is 4.81. The first-order chi connectivity index (χ1) is 10.5. The van der Waals surface area contributed by atoms with Crippen LogP contribution in [0.2, 0.25) is 0 Å². The van der Waals surface area contributed by atoms with Crippen LogP contribution < -0.4 is 10.2 Å². The smallest absolute Gasteiger partial charge is 0.356 e. The van der Waals surface area contributed by atoms with Crippen molar-refractivity contribution < 1.29 is 13.2 Å². The predicted octanol–water partition coefficient (Wildman–Crippen LogP) is 2.71. The summed E-state index contributed by atoms with van der Waals surface area (Å²) in [5.74, 6) is 0.804. The fraction of sp³-hybridized carbons (Fsp3) is 0.733. The van der Waals surface area contributed by atoms with E-state index in [4.69, 9.17) is 0 Å². The van der Waals surface area contributed by atoms with E-state index in [0.717, 1.165) is 44.9 Å². The van der Waals surface area contributed by atoms with Gasteiger partial charge in [0.25, 0.3) is 0 Å². The van der Waals surface area contributed by atoms with Crippen LogP contribution in [0.25, 0.3) is 0 Å². The number of halogens is 3. The van der Waals surface area contributed by atoms with Crippen LogP contribution in [0.3, 0.4) is 0 Å². The Hall–Kier alpha value is -1.37. The van der Waals surface area contributed by atoms with Gasteiger partial charge in [-0.25, -0.2) is 9.97 Å². The lowest BCUT2D eigenvalue weighted by Gasteiger charge is -2.38. The summed E-state index contributed by atoms with van der Waals surface area (Å²) in [5, 5.41) is 3.37. The predicted molar refractivity (Wildman–Crippen MR) is 77.6 cm³/mol. The molecule has 7 heteroatoms. The van der Waals surface area contributed by atoms with Crippen molar-refractivity contribution in [1.82, 2.24) is 15.3 Å². The fourth-order valence-corrected chi connectivity index (χ4v) is 3.58. The highest BCUT2D eigenvalue weighted by Gasteiger charge is 2.35. The lowest BCUT2D eigenvalue weighted by molar-refractivity contribution is -0.144. The van der Waals surface area contributed by atoms with E-state index in [1.54, 1.807) is 6.07 Å². The molecule has 2 fully saturated rings. The summed E-state index contributed by atoms with van der Waals surface area (Å²) in [5.41, 5.74) is 0. The van der Waals surface area contributed by atoms with Gasteiger partial charge in [-0.1, -0.05) is 0 Å². The molecule has 1 N–H and O–H groups in total. The molecule has 1 aromatic rings. The zero-order valence-corrected chi connectivity index (χ0v) is 12.4. The van der Waals surface area contributed by atoms with Crippen molar-refractivity contribution in [3.05, 3.63) is 18.1 Å². The fourth-order valence-electron chi connectivity index (χ4n) is 3.58. The molecule has 0 aromatic carbocycles. The number of aromatic nitrogens is 2. The summed E-state index contributed by atoms with van der Waals surface area (Å²) in [6, 6.07) is 1.57. The van der Waals surface area contributed by atoms with Gasteiger partial charge in [-0.05, 0) is 56.7 Å². The third kappa shape index (κ3) is 3.51. The topological polar surface area (TPSA) is 41.1 Å². The molecule has 3 rings (SSSR count). The Morgan fingerprint density at radius 2 is 1.68 bits per heavy atom. The van der Waals surface area contributed by atoms with E-state index in [-0.39, 0.29) is 0 Å². The first-order valence-electron chi connectivity index (χ1n) is 7.90. The summed E-state index contributed by atoms with van der Waals surface area (Å²) in [6.07, 6.45) is 1.23. The molecule has 122 valence electrons. The molecule has 1 aromatic heterocycles. The molecule has 0 aliphatic carbocycles.